The first-order valence-corrected chi connectivity index (χ1v) is 9.21. The highest BCUT2D eigenvalue weighted by Gasteiger charge is 2.26. The number of carbonyl (C=O) groups excluding carboxylic acids is 2. The van der Waals surface area contributed by atoms with Gasteiger partial charge in [-0.1, -0.05) is 18.2 Å². The van der Waals surface area contributed by atoms with E-state index in [1.54, 1.807) is 29.2 Å². The number of likely N-dealkylation sites (N-methyl/N-ethyl adjacent to an activating group) is 1. The van der Waals surface area contributed by atoms with Crippen LogP contribution in [0.2, 0.25) is 0 Å². The minimum atomic E-state index is -0.206. The average Bonchev–Trinajstić information content (AvgIpc) is 3.03. The number of hydrogen-bond donors (Lipinski definition) is 1. The van der Waals surface area contributed by atoms with E-state index in [4.69, 9.17) is 4.74 Å². The van der Waals surface area contributed by atoms with Gasteiger partial charge in [0.2, 0.25) is 5.91 Å². The molecule has 3 aromatic carbocycles. The fourth-order valence-electron chi connectivity index (χ4n) is 3.31. The highest BCUT2D eigenvalue weighted by atomic mass is 16.5. The molecule has 5 heteroatoms. The van der Waals surface area contributed by atoms with Crippen molar-refractivity contribution in [3.63, 3.8) is 0 Å². The number of nitrogens with zero attached hydrogens (tertiary/aromatic N) is 1. The van der Waals surface area contributed by atoms with E-state index in [1.165, 1.54) is 0 Å². The topological polar surface area (TPSA) is 58.6 Å². The number of fused-ring (bicyclic) bond motifs is 1. The van der Waals surface area contributed by atoms with E-state index < -0.39 is 0 Å². The van der Waals surface area contributed by atoms with E-state index in [0.29, 0.717) is 30.0 Å². The number of rotatable bonds is 5. The van der Waals surface area contributed by atoms with Gasteiger partial charge in [0, 0.05) is 23.5 Å². The monoisotopic (exact) mass is 372 g/mol. The minimum absolute atomic E-state index is 0.0926. The molecule has 140 valence electrons. The molecule has 0 saturated carbocycles. The lowest BCUT2D eigenvalue weighted by molar-refractivity contribution is -0.117. The van der Waals surface area contributed by atoms with Crippen LogP contribution in [0.5, 0.6) is 11.5 Å². The number of carbonyl (C=O) groups is 2. The lowest BCUT2D eigenvalue weighted by Gasteiger charge is -2.15. The summed E-state index contributed by atoms with van der Waals surface area (Å²) in [4.78, 5) is 26.3. The maximum atomic E-state index is 12.5. The maximum absolute atomic E-state index is 12.5. The number of ether oxygens (including phenoxy) is 1. The molecule has 3 aromatic rings. The van der Waals surface area contributed by atoms with Crippen LogP contribution in [0.4, 0.5) is 11.4 Å². The molecule has 0 saturated heterocycles. The van der Waals surface area contributed by atoms with Crippen molar-refractivity contribution in [2.24, 2.45) is 0 Å². The minimum Gasteiger partial charge on any atom is -0.457 e. The third-order valence-corrected chi connectivity index (χ3v) is 4.68. The molecular formula is C23H20N2O3. The van der Waals surface area contributed by atoms with E-state index in [-0.39, 0.29) is 11.8 Å². The van der Waals surface area contributed by atoms with Gasteiger partial charge in [-0.2, -0.15) is 0 Å². The van der Waals surface area contributed by atoms with Gasteiger partial charge in [-0.25, -0.2) is 0 Å². The van der Waals surface area contributed by atoms with E-state index in [2.05, 4.69) is 5.32 Å². The van der Waals surface area contributed by atoms with Gasteiger partial charge in [0.15, 0.2) is 0 Å². The van der Waals surface area contributed by atoms with Crippen molar-refractivity contribution in [1.29, 1.82) is 0 Å². The second-order valence-corrected chi connectivity index (χ2v) is 6.55. The first kappa shape index (κ1) is 17.8. The standard InChI is InChI=1S/C23H20N2O3/c1-2-25-21-13-10-18(14-17(21)15-22(25)26)24-23(27)16-8-11-20(12-9-16)28-19-6-4-3-5-7-19/h3-14H,2,15H2,1H3,(H,24,27). The van der Waals surface area contributed by atoms with Crippen LogP contribution >= 0.6 is 0 Å². The normalized spacial score (nSPS) is 12.6. The quantitative estimate of drug-likeness (QED) is 0.710. The molecule has 2 amide bonds. The summed E-state index contributed by atoms with van der Waals surface area (Å²) in [5.74, 6) is 1.30. The third-order valence-electron chi connectivity index (χ3n) is 4.68. The van der Waals surface area contributed by atoms with Crippen LogP contribution in [0.25, 0.3) is 0 Å². The van der Waals surface area contributed by atoms with Crippen molar-refractivity contribution >= 4 is 23.2 Å². The lowest BCUT2D eigenvalue weighted by atomic mass is 10.1. The van der Waals surface area contributed by atoms with Gasteiger partial charge in [0.1, 0.15) is 11.5 Å². The zero-order valence-corrected chi connectivity index (χ0v) is 15.5. The summed E-state index contributed by atoms with van der Waals surface area (Å²) in [6, 6.07) is 22.0. The highest BCUT2D eigenvalue weighted by Crippen LogP contribution is 2.31. The Morgan fingerprint density at radius 1 is 1.00 bits per heavy atom. The Morgan fingerprint density at radius 2 is 1.71 bits per heavy atom. The Labute approximate surface area is 163 Å². The molecular weight excluding hydrogens is 352 g/mol. The summed E-state index contributed by atoms with van der Waals surface area (Å²) in [6.07, 6.45) is 0.373. The lowest BCUT2D eigenvalue weighted by Crippen LogP contribution is -2.25. The summed E-state index contributed by atoms with van der Waals surface area (Å²) in [6.45, 7) is 2.60. The zero-order valence-electron chi connectivity index (χ0n) is 15.5. The van der Waals surface area contributed by atoms with Gasteiger partial charge < -0.3 is 15.0 Å². The molecule has 0 atom stereocenters. The Kier molecular flexibility index (Phi) is 4.81. The summed E-state index contributed by atoms with van der Waals surface area (Å²) in [7, 11) is 0. The predicted octanol–water partition coefficient (Wildman–Crippen LogP) is 4.64. The number of nitrogens with one attached hydrogen (secondary N) is 1. The largest absolute Gasteiger partial charge is 0.457 e. The molecule has 0 fully saturated rings. The molecule has 0 radical (unpaired) electrons. The molecule has 1 N–H and O–H groups in total. The fraction of sp³-hybridized carbons (Fsp3) is 0.130. The molecule has 0 bridgehead atoms. The number of para-hydroxylation sites is 1. The summed E-state index contributed by atoms with van der Waals surface area (Å²) in [5, 5.41) is 2.90. The van der Waals surface area contributed by atoms with Crippen molar-refractivity contribution in [1.82, 2.24) is 0 Å². The van der Waals surface area contributed by atoms with E-state index in [9.17, 15) is 9.59 Å². The Bertz CT molecular complexity index is 1010. The van der Waals surface area contributed by atoms with Gasteiger partial charge in [-0.15, -0.1) is 0 Å². The fourth-order valence-corrected chi connectivity index (χ4v) is 3.31. The van der Waals surface area contributed by atoms with E-state index in [1.807, 2.05) is 55.5 Å². The molecule has 4 rings (SSSR count). The number of benzene rings is 3. The van der Waals surface area contributed by atoms with Crippen LogP contribution < -0.4 is 15.0 Å². The van der Waals surface area contributed by atoms with Crippen molar-refractivity contribution in [3.8, 4) is 11.5 Å². The summed E-state index contributed by atoms with van der Waals surface area (Å²) < 4.78 is 5.74. The van der Waals surface area contributed by atoms with Crippen molar-refractivity contribution in [2.45, 2.75) is 13.3 Å². The van der Waals surface area contributed by atoms with Crippen molar-refractivity contribution in [3.05, 3.63) is 83.9 Å². The second kappa shape index (κ2) is 7.56. The Morgan fingerprint density at radius 3 is 2.43 bits per heavy atom. The molecule has 0 aromatic heterocycles. The number of hydrogen-bond acceptors (Lipinski definition) is 3. The Hall–Kier alpha value is -3.60. The number of anilines is 2. The van der Waals surface area contributed by atoms with E-state index >= 15 is 0 Å². The molecule has 5 nitrogen and oxygen atoms in total. The van der Waals surface area contributed by atoms with E-state index in [0.717, 1.165) is 17.0 Å². The zero-order chi connectivity index (χ0) is 19.5. The van der Waals surface area contributed by atoms with Crippen LogP contribution in [0.1, 0.15) is 22.8 Å². The second-order valence-electron chi connectivity index (χ2n) is 6.55. The van der Waals surface area contributed by atoms with Crippen molar-refractivity contribution in [2.75, 3.05) is 16.8 Å². The molecule has 0 aliphatic carbocycles. The van der Waals surface area contributed by atoms with Crippen LogP contribution in [-0.2, 0) is 11.2 Å². The molecule has 1 heterocycles. The Balaban J connectivity index is 1.44. The van der Waals surface area contributed by atoms with Crippen LogP contribution in [0.15, 0.2) is 72.8 Å². The molecule has 28 heavy (non-hydrogen) atoms. The molecule has 1 aliphatic rings. The van der Waals surface area contributed by atoms with Crippen LogP contribution in [-0.4, -0.2) is 18.4 Å². The SMILES string of the molecule is CCN1C(=O)Cc2cc(NC(=O)c3ccc(Oc4ccccc4)cc3)ccc21. The van der Waals surface area contributed by atoms with Crippen LogP contribution in [0.3, 0.4) is 0 Å². The summed E-state index contributed by atoms with van der Waals surface area (Å²) >= 11 is 0. The molecule has 0 unspecified atom stereocenters. The molecule has 1 aliphatic heterocycles. The first-order chi connectivity index (χ1) is 13.6. The summed E-state index contributed by atoms with van der Waals surface area (Å²) in [5.41, 5.74) is 3.08. The van der Waals surface area contributed by atoms with Gasteiger partial charge in [0.05, 0.1) is 6.42 Å². The van der Waals surface area contributed by atoms with Gasteiger partial charge >= 0.3 is 0 Å². The average molecular weight is 372 g/mol. The molecule has 0 spiro atoms. The van der Waals surface area contributed by atoms with Crippen molar-refractivity contribution < 1.29 is 14.3 Å². The smallest absolute Gasteiger partial charge is 0.255 e. The number of amides is 2. The van der Waals surface area contributed by atoms with Gasteiger partial charge in [-0.3, -0.25) is 9.59 Å². The van der Waals surface area contributed by atoms with Gasteiger partial charge in [0.25, 0.3) is 5.91 Å². The third kappa shape index (κ3) is 3.60. The first-order valence-electron chi connectivity index (χ1n) is 9.21. The predicted molar refractivity (Wildman–Crippen MR) is 109 cm³/mol. The maximum Gasteiger partial charge on any atom is 0.255 e. The van der Waals surface area contributed by atoms with Crippen LogP contribution in [0, 0.1) is 0 Å². The van der Waals surface area contributed by atoms with Gasteiger partial charge in [-0.05, 0) is 67.1 Å². The highest BCUT2D eigenvalue weighted by molar-refractivity contribution is 6.06.